The third-order valence-electron chi connectivity index (χ3n) is 5.00. The third-order valence-corrected chi connectivity index (χ3v) is 5.00. The summed E-state index contributed by atoms with van der Waals surface area (Å²) in [6.07, 6.45) is 0. The Morgan fingerprint density at radius 1 is 0.690 bits per heavy atom. The van der Waals surface area contributed by atoms with E-state index in [2.05, 4.69) is 93.0 Å². The zero-order valence-electron chi connectivity index (χ0n) is 16.8. The maximum absolute atomic E-state index is 9.67. The van der Waals surface area contributed by atoms with Crippen molar-refractivity contribution in [1.29, 1.82) is 0 Å². The van der Waals surface area contributed by atoms with Crippen LogP contribution in [0.1, 0.15) is 16.7 Å². The van der Waals surface area contributed by atoms with E-state index in [1.54, 1.807) is 0 Å². The van der Waals surface area contributed by atoms with Gasteiger partial charge < -0.3 is 4.70 Å². The fourth-order valence-corrected chi connectivity index (χ4v) is 4.07. The minimum absolute atomic E-state index is 0. The summed E-state index contributed by atoms with van der Waals surface area (Å²) in [7, 11) is -1.51. The second kappa shape index (κ2) is 9.08. The highest BCUT2D eigenvalue weighted by Gasteiger charge is 2.20. The standard InChI is InChI=1S/C23H22N.BF3.FH/c1-15-13-16(2)22(17(3)14-15)23-18-9-5-7-11-20(18)24(4)21-12-8-6-10-19(21)23;2-1(3)4;/h5-14H,1-4H3;;1H/q+1;;/p-1. The number of aromatic nitrogens is 1. The monoisotopic (exact) mass is 399 g/mol. The Morgan fingerprint density at radius 3 is 1.48 bits per heavy atom. The largest absolute Gasteiger partial charge is 1.00 e. The van der Waals surface area contributed by atoms with E-state index in [-0.39, 0.29) is 4.70 Å². The van der Waals surface area contributed by atoms with Crippen LogP contribution in [0.5, 0.6) is 0 Å². The first-order chi connectivity index (χ1) is 13.3. The Morgan fingerprint density at radius 2 is 1.07 bits per heavy atom. The van der Waals surface area contributed by atoms with Crippen LogP contribution in [0.25, 0.3) is 32.9 Å². The summed E-state index contributed by atoms with van der Waals surface area (Å²) >= 11 is 0. The second-order valence-electron chi connectivity index (χ2n) is 6.99. The first kappa shape index (κ1) is 22.4. The molecule has 0 radical (unpaired) electrons. The fraction of sp³-hybridized carbons (Fsp3) is 0.174. The molecular weight excluding hydrogens is 377 g/mol. The highest BCUT2D eigenvalue weighted by Crippen LogP contribution is 2.37. The number of rotatable bonds is 1. The van der Waals surface area contributed by atoms with Crippen molar-refractivity contribution < 1.29 is 22.2 Å². The lowest BCUT2D eigenvalue weighted by Gasteiger charge is -2.16. The topological polar surface area (TPSA) is 3.88 Å². The number of hydrogen-bond acceptors (Lipinski definition) is 0. The number of fused-ring (bicyclic) bond motifs is 2. The maximum Gasteiger partial charge on any atom is 0.762 e. The lowest BCUT2D eigenvalue weighted by Crippen LogP contribution is -3.00. The van der Waals surface area contributed by atoms with E-state index < -0.39 is 7.54 Å². The van der Waals surface area contributed by atoms with Gasteiger partial charge in [-0.2, -0.15) is 4.57 Å². The molecule has 0 amide bonds. The number of nitrogens with zero attached hydrogens (tertiary/aromatic N) is 1. The fourth-order valence-electron chi connectivity index (χ4n) is 4.07. The number of hydrogen-bond donors (Lipinski definition) is 0. The van der Waals surface area contributed by atoms with E-state index in [0.717, 1.165) is 0 Å². The molecular formula is C23H22BF4N. The zero-order valence-corrected chi connectivity index (χ0v) is 16.8. The van der Waals surface area contributed by atoms with Gasteiger partial charge in [-0.25, -0.2) is 0 Å². The van der Waals surface area contributed by atoms with E-state index in [1.165, 1.54) is 49.6 Å². The van der Waals surface area contributed by atoms with Gasteiger partial charge in [-0.1, -0.05) is 42.0 Å². The average Bonchev–Trinajstić information content (AvgIpc) is 2.63. The summed E-state index contributed by atoms with van der Waals surface area (Å²) in [5.41, 5.74) is 9.27. The summed E-state index contributed by atoms with van der Waals surface area (Å²) in [5, 5.41) is 2.63. The van der Waals surface area contributed by atoms with Crippen LogP contribution in [0.2, 0.25) is 0 Å². The van der Waals surface area contributed by atoms with Crippen LogP contribution in [0, 0.1) is 20.8 Å². The molecule has 1 aromatic heterocycles. The van der Waals surface area contributed by atoms with E-state index >= 15 is 0 Å². The van der Waals surface area contributed by atoms with Crippen molar-refractivity contribution in [2.45, 2.75) is 20.8 Å². The van der Waals surface area contributed by atoms with E-state index in [4.69, 9.17) is 0 Å². The van der Waals surface area contributed by atoms with Crippen molar-refractivity contribution in [1.82, 2.24) is 0 Å². The summed E-state index contributed by atoms with van der Waals surface area (Å²) in [4.78, 5) is 0. The number of halogens is 4. The number of para-hydroxylation sites is 2. The van der Waals surface area contributed by atoms with Gasteiger partial charge in [0.1, 0.15) is 7.05 Å². The molecule has 0 spiro atoms. The minimum atomic E-state index is -3.67. The van der Waals surface area contributed by atoms with Crippen molar-refractivity contribution in [2.24, 2.45) is 7.05 Å². The Hall–Kier alpha value is -2.89. The Balaban J connectivity index is 0.000000552. The van der Waals surface area contributed by atoms with Gasteiger partial charge in [0.2, 0.25) is 11.0 Å². The highest BCUT2D eigenvalue weighted by atomic mass is 19.4. The SMILES string of the molecule is Cc1cc(C)c(-c2c3ccccc3[n+](C)c3ccccc23)c(C)c1.FB(F)F.[F-]. The summed E-state index contributed by atoms with van der Waals surface area (Å²) in [6, 6.07) is 22.0. The molecule has 0 aliphatic heterocycles. The molecule has 0 bridgehead atoms. The predicted molar refractivity (Wildman–Crippen MR) is 111 cm³/mol. The van der Waals surface area contributed by atoms with Crippen LogP contribution >= 0.6 is 0 Å². The molecule has 0 aliphatic carbocycles. The van der Waals surface area contributed by atoms with Gasteiger partial charge in [-0.05, 0) is 49.6 Å². The molecule has 6 heteroatoms. The summed E-state index contributed by atoms with van der Waals surface area (Å²) < 4.78 is 31.3. The minimum Gasteiger partial charge on any atom is -1.00 e. The smallest absolute Gasteiger partial charge is 0.762 e. The van der Waals surface area contributed by atoms with Gasteiger partial charge in [0.25, 0.3) is 0 Å². The number of benzene rings is 3. The molecule has 4 aromatic rings. The molecule has 1 nitrogen and oxygen atoms in total. The van der Waals surface area contributed by atoms with Gasteiger partial charge in [0.05, 0.1) is 10.8 Å². The third kappa shape index (κ3) is 4.42. The molecule has 1 heterocycles. The molecule has 29 heavy (non-hydrogen) atoms. The molecule has 0 saturated heterocycles. The molecule has 0 N–H and O–H groups in total. The van der Waals surface area contributed by atoms with Gasteiger partial charge in [-0.15, -0.1) is 0 Å². The van der Waals surface area contributed by atoms with Crippen LogP contribution in [0.3, 0.4) is 0 Å². The molecule has 4 rings (SSSR count). The Bertz CT molecular complexity index is 1080. The van der Waals surface area contributed by atoms with Gasteiger partial charge in [0.15, 0.2) is 0 Å². The zero-order chi connectivity index (χ0) is 20.4. The predicted octanol–water partition coefficient (Wildman–Crippen LogP) is 3.29. The molecule has 0 atom stereocenters. The van der Waals surface area contributed by atoms with Crippen molar-refractivity contribution >= 4 is 29.3 Å². The van der Waals surface area contributed by atoms with E-state index in [0.29, 0.717) is 0 Å². The van der Waals surface area contributed by atoms with Gasteiger partial charge >= 0.3 is 7.54 Å². The van der Waals surface area contributed by atoms with E-state index in [1.807, 2.05) is 0 Å². The molecule has 0 aliphatic rings. The normalized spacial score (nSPS) is 10.3. The van der Waals surface area contributed by atoms with Crippen LogP contribution in [-0.4, -0.2) is 7.54 Å². The molecule has 0 saturated carbocycles. The molecule has 3 aromatic carbocycles. The second-order valence-corrected chi connectivity index (χ2v) is 6.99. The Kier molecular flexibility index (Phi) is 7.01. The maximum atomic E-state index is 9.67. The van der Waals surface area contributed by atoms with Crippen LogP contribution in [0.4, 0.5) is 12.9 Å². The van der Waals surface area contributed by atoms with E-state index in [9.17, 15) is 12.9 Å². The van der Waals surface area contributed by atoms with Crippen molar-refractivity contribution in [2.75, 3.05) is 0 Å². The van der Waals surface area contributed by atoms with Gasteiger partial charge in [0, 0.05) is 17.7 Å². The van der Waals surface area contributed by atoms with Crippen molar-refractivity contribution in [3.8, 4) is 11.1 Å². The van der Waals surface area contributed by atoms with Crippen LogP contribution < -0.4 is 9.27 Å². The summed E-state index contributed by atoms with van der Waals surface area (Å²) in [5.74, 6) is 0. The number of pyridine rings is 1. The molecule has 0 unspecified atom stereocenters. The first-order valence-electron chi connectivity index (χ1n) is 9.11. The Labute approximate surface area is 168 Å². The van der Waals surface area contributed by atoms with Crippen molar-refractivity contribution in [3.05, 3.63) is 77.4 Å². The average molecular weight is 399 g/mol. The van der Waals surface area contributed by atoms with Gasteiger partial charge in [-0.3, -0.25) is 12.9 Å². The van der Waals surface area contributed by atoms with Crippen LogP contribution in [-0.2, 0) is 7.05 Å². The quantitative estimate of drug-likeness (QED) is 0.200. The highest BCUT2D eigenvalue weighted by molar-refractivity contribution is 6.33. The molecule has 0 fully saturated rings. The number of aryl methyl sites for hydroxylation is 4. The molecule has 150 valence electrons. The lowest BCUT2D eigenvalue weighted by molar-refractivity contribution is -0.617. The first-order valence-corrected chi connectivity index (χ1v) is 9.11. The summed E-state index contributed by atoms with van der Waals surface area (Å²) in [6.45, 7) is 6.63. The lowest BCUT2D eigenvalue weighted by atomic mass is 9.89. The van der Waals surface area contributed by atoms with Crippen LogP contribution in [0.15, 0.2) is 60.7 Å². The van der Waals surface area contributed by atoms with Crippen molar-refractivity contribution in [3.63, 3.8) is 0 Å².